The van der Waals surface area contributed by atoms with E-state index in [0.29, 0.717) is 0 Å². The van der Waals surface area contributed by atoms with Crippen LogP contribution in [0.1, 0.15) is 64.7 Å². The second-order valence-corrected chi connectivity index (χ2v) is 5.40. The normalized spacial score (nSPS) is 27.5. The van der Waals surface area contributed by atoms with Crippen LogP contribution in [-0.2, 0) is 0 Å². The summed E-state index contributed by atoms with van der Waals surface area (Å²) in [6, 6.07) is 0. The monoisotopic (exact) mass is 180 g/mol. The summed E-state index contributed by atoms with van der Waals surface area (Å²) in [7, 11) is 0. The summed E-state index contributed by atoms with van der Waals surface area (Å²) >= 11 is 0. The van der Waals surface area contributed by atoms with Crippen LogP contribution in [0.2, 0.25) is 0 Å². The fraction of sp³-hybridized carbons (Fsp3) is 1.00. The first kappa shape index (κ1) is 9.55. The molecule has 0 radical (unpaired) electrons. The lowest BCUT2D eigenvalue weighted by Gasteiger charge is -2.32. The molecule has 13 heavy (non-hydrogen) atoms. The van der Waals surface area contributed by atoms with Gasteiger partial charge in [-0.1, -0.05) is 64.7 Å². The van der Waals surface area contributed by atoms with Crippen molar-refractivity contribution in [3.63, 3.8) is 0 Å². The molecule has 0 aromatic carbocycles. The van der Waals surface area contributed by atoms with Gasteiger partial charge in [-0.3, -0.25) is 0 Å². The average Bonchev–Trinajstić information content (AvgIpc) is 2.49. The highest BCUT2D eigenvalue weighted by Gasteiger charge is 2.24. The molecule has 0 heteroatoms. The highest BCUT2D eigenvalue weighted by Crippen LogP contribution is 2.37. The molecule has 2 saturated carbocycles. The summed E-state index contributed by atoms with van der Waals surface area (Å²) in [6.45, 7) is 2.48. The van der Waals surface area contributed by atoms with Crippen molar-refractivity contribution in [2.24, 2.45) is 17.8 Å². The van der Waals surface area contributed by atoms with E-state index in [1.54, 1.807) is 0 Å². The zero-order chi connectivity index (χ0) is 9.10. The second kappa shape index (κ2) is 4.48. The quantitative estimate of drug-likeness (QED) is 0.602. The van der Waals surface area contributed by atoms with Crippen molar-refractivity contribution in [2.45, 2.75) is 64.7 Å². The fourth-order valence-electron chi connectivity index (χ4n) is 3.04. The Hall–Kier alpha value is 0. The Bertz CT molecular complexity index is 140. The van der Waals surface area contributed by atoms with Crippen LogP contribution in [0.25, 0.3) is 0 Å². The van der Waals surface area contributed by atoms with Gasteiger partial charge in [0.2, 0.25) is 0 Å². The van der Waals surface area contributed by atoms with Crippen LogP contribution in [0.15, 0.2) is 0 Å². The van der Waals surface area contributed by atoms with Crippen molar-refractivity contribution in [1.82, 2.24) is 0 Å². The SMILES string of the molecule is C[C@@H](CCC1CCCC1)C1CCC1. The maximum absolute atomic E-state index is 2.48. The van der Waals surface area contributed by atoms with E-state index in [4.69, 9.17) is 0 Å². The summed E-state index contributed by atoms with van der Waals surface area (Å²) < 4.78 is 0. The Morgan fingerprint density at radius 2 is 1.69 bits per heavy atom. The van der Waals surface area contributed by atoms with Gasteiger partial charge in [0.15, 0.2) is 0 Å². The molecule has 2 aliphatic rings. The Labute approximate surface area is 83.1 Å². The molecule has 0 aromatic rings. The molecule has 0 N–H and O–H groups in total. The molecule has 0 aromatic heterocycles. The van der Waals surface area contributed by atoms with Gasteiger partial charge in [-0.05, 0) is 17.8 Å². The molecule has 0 heterocycles. The Morgan fingerprint density at radius 3 is 2.23 bits per heavy atom. The Balaban J connectivity index is 1.60. The second-order valence-electron chi connectivity index (χ2n) is 5.40. The van der Waals surface area contributed by atoms with Crippen molar-refractivity contribution >= 4 is 0 Å². The molecule has 0 amide bonds. The van der Waals surface area contributed by atoms with Crippen molar-refractivity contribution in [2.75, 3.05) is 0 Å². The maximum Gasteiger partial charge on any atom is -0.0388 e. The molecule has 2 rings (SSSR count). The predicted molar refractivity (Wildman–Crippen MR) is 57.7 cm³/mol. The molecule has 0 unspecified atom stereocenters. The zero-order valence-corrected chi connectivity index (χ0v) is 9.10. The number of hydrogen-bond donors (Lipinski definition) is 0. The topological polar surface area (TPSA) is 0 Å². The van der Waals surface area contributed by atoms with Gasteiger partial charge in [0, 0.05) is 0 Å². The van der Waals surface area contributed by atoms with Crippen LogP contribution in [0, 0.1) is 17.8 Å². The average molecular weight is 180 g/mol. The van der Waals surface area contributed by atoms with Gasteiger partial charge in [-0.2, -0.15) is 0 Å². The van der Waals surface area contributed by atoms with Gasteiger partial charge in [0.05, 0.1) is 0 Å². The minimum atomic E-state index is 1.04. The molecule has 0 bridgehead atoms. The van der Waals surface area contributed by atoms with Gasteiger partial charge < -0.3 is 0 Å². The highest BCUT2D eigenvalue weighted by atomic mass is 14.3. The van der Waals surface area contributed by atoms with Gasteiger partial charge in [-0.15, -0.1) is 0 Å². The molecule has 0 saturated heterocycles. The van der Waals surface area contributed by atoms with E-state index in [2.05, 4.69) is 6.92 Å². The zero-order valence-electron chi connectivity index (χ0n) is 9.10. The summed E-state index contributed by atoms with van der Waals surface area (Å²) in [5.74, 6) is 3.26. The lowest BCUT2D eigenvalue weighted by Crippen LogP contribution is -2.20. The van der Waals surface area contributed by atoms with Gasteiger partial charge in [-0.25, -0.2) is 0 Å². The Morgan fingerprint density at radius 1 is 1.00 bits per heavy atom. The molecule has 2 aliphatic carbocycles. The highest BCUT2D eigenvalue weighted by molar-refractivity contribution is 4.76. The molecular formula is C13H24. The van der Waals surface area contributed by atoms with E-state index in [1.165, 1.54) is 57.8 Å². The molecule has 76 valence electrons. The minimum absolute atomic E-state index is 1.04. The summed E-state index contributed by atoms with van der Waals surface area (Å²) in [5, 5.41) is 0. The van der Waals surface area contributed by atoms with Crippen LogP contribution in [0.3, 0.4) is 0 Å². The lowest BCUT2D eigenvalue weighted by atomic mass is 9.74. The predicted octanol–water partition coefficient (Wildman–Crippen LogP) is 4.39. The van der Waals surface area contributed by atoms with Crippen molar-refractivity contribution in [3.05, 3.63) is 0 Å². The number of rotatable bonds is 4. The summed E-state index contributed by atoms with van der Waals surface area (Å²) in [6.07, 6.45) is 13.8. The third-order valence-corrected chi connectivity index (χ3v) is 4.46. The first-order chi connectivity index (χ1) is 6.36. The van der Waals surface area contributed by atoms with E-state index >= 15 is 0 Å². The first-order valence-electron chi connectivity index (χ1n) is 6.36. The standard InChI is InChI=1S/C13H24/c1-11(13-7-4-8-13)9-10-12-5-2-3-6-12/h11-13H,2-10H2,1H3/t11-/m0/s1. The Kier molecular flexibility index (Phi) is 3.29. The van der Waals surface area contributed by atoms with E-state index in [-0.39, 0.29) is 0 Å². The van der Waals surface area contributed by atoms with Gasteiger partial charge in [0.25, 0.3) is 0 Å². The summed E-state index contributed by atoms with van der Waals surface area (Å²) in [4.78, 5) is 0. The van der Waals surface area contributed by atoms with Crippen LogP contribution in [0.4, 0.5) is 0 Å². The van der Waals surface area contributed by atoms with Crippen LogP contribution < -0.4 is 0 Å². The largest absolute Gasteiger partial charge is 0.0622 e. The van der Waals surface area contributed by atoms with Gasteiger partial charge >= 0.3 is 0 Å². The third-order valence-electron chi connectivity index (χ3n) is 4.46. The van der Waals surface area contributed by atoms with E-state index in [0.717, 1.165) is 17.8 Å². The molecule has 2 fully saturated rings. The van der Waals surface area contributed by atoms with Crippen LogP contribution in [-0.4, -0.2) is 0 Å². The molecule has 0 spiro atoms. The molecular weight excluding hydrogens is 156 g/mol. The van der Waals surface area contributed by atoms with Crippen LogP contribution >= 0.6 is 0 Å². The molecule has 0 aliphatic heterocycles. The molecule has 1 atom stereocenters. The van der Waals surface area contributed by atoms with Crippen LogP contribution in [0.5, 0.6) is 0 Å². The van der Waals surface area contributed by atoms with E-state index < -0.39 is 0 Å². The first-order valence-corrected chi connectivity index (χ1v) is 6.36. The third kappa shape index (κ3) is 2.48. The van der Waals surface area contributed by atoms with E-state index in [9.17, 15) is 0 Å². The fourth-order valence-corrected chi connectivity index (χ4v) is 3.04. The van der Waals surface area contributed by atoms with E-state index in [1.807, 2.05) is 0 Å². The van der Waals surface area contributed by atoms with Gasteiger partial charge in [0.1, 0.15) is 0 Å². The summed E-state index contributed by atoms with van der Waals surface area (Å²) in [5.41, 5.74) is 0. The lowest BCUT2D eigenvalue weighted by molar-refractivity contribution is 0.200. The van der Waals surface area contributed by atoms with Crippen molar-refractivity contribution < 1.29 is 0 Å². The molecule has 0 nitrogen and oxygen atoms in total. The number of hydrogen-bond acceptors (Lipinski definition) is 0. The van der Waals surface area contributed by atoms with Crippen molar-refractivity contribution in [1.29, 1.82) is 0 Å². The van der Waals surface area contributed by atoms with Crippen molar-refractivity contribution in [3.8, 4) is 0 Å². The minimum Gasteiger partial charge on any atom is -0.0622 e. The smallest absolute Gasteiger partial charge is 0.0388 e. The maximum atomic E-state index is 2.48.